The van der Waals surface area contributed by atoms with Crippen LogP contribution in [0.15, 0.2) is 4.52 Å². The highest BCUT2D eigenvalue weighted by Crippen LogP contribution is 2.03. The molecule has 5 heteroatoms. The van der Waals surface area contributed by atoms with Gasteiger partial charge in [-0.15, -0.1) is 0 Å². The second kappa shape index (κ2) is 7.35. The number of nitrogens with one attached hydrogen (secondary N) is 1. The van der Waals surface area contributed by atoms with Gasteiger partial charge in [0.25, 0.3) is 0 Å². The molecule has 1 N–H and O–H groups in total. The molecule has 92 valence electrons. The van der Waals surface area contributed by atoms with Gasteiger partial charge in [-0.3, -0.25) is 0 Å². The Morgan fingerprint density at radius 3 is 3.00 bits per heavy atom. The molecule has 0 aliphatic carbocycles. The second-order valence-corrected chi connectivity index (χ2v) is 3.86. The number of hydrogen-bond donors (Lipinski definition) is 1. The molecule has 5 nitrogen and oxygen atoms in total. The topological polar surface area (TPSA) is 60.2 Å². The quantitative estimate of drug-likeness (QED) is 0.676. The van der Waals surface area contributed by atoms with Gasteiger partial charge in [0, 0.05) is 32.6 Å². The summed E-state index contributed by atoms with van der Waals surface area (Å²) in [5.41, 5.74) is 0. The number of rotatable bonds is 8. The van der Waals surface area contributed by atoms with Crippen LogP contribution < -0.4 is 5.32 Å². The molecule has 1 unspecified atom stereocenters. The zero-order chi connectivity index (χ0) is 11.8. The van der Waals surface area contributed by atoms with Crippen LogP contribution >= 0.6 is 0 Å². The Kier molecular flexibility index (Phi) is 6.03. The van der Waals surface area contributed by atoms with Crippen molar-refractivity contribution < 1.29 is 9.26 Å². The number of methoxy groups -OCH3 is 1. The molecule has 16 heavy (non-hydrogen) atoms. The Labute approximate surface area is 96.6 Å². The Morgan fingerprint density at radius 1 is 1.50 bits per heavy atom. The number of aryl methyl sites for hydroxylation is 1. The van der Waals surface area contributed by atoms with E-state index >= 15 is 0 Å². The van der Waals surface area contributed by atoms with Crippen molar-refractivity contribution in [1.82, 2.24) is 15.5 Å². The van der Waals surface area contributed by atoms with E-state index in [2.05, 4.69) is 29.3 Å². The van der Waals surface area contributed by atoms with Crippen molar-refractivity contribution in [3.8, 4) is 0 Å². The van der Waals surface area contributed by atoms with E-state index in [1.54, 1.807) is 7.11 Å². The fraction of sp³-hybridized carbons (Fsp3) is 0.818. The highest BCUT2D eigenvalue weighted by atomic mass is 16.5. The van der Waals surface area contributed by atoms with E-state index in [0.717, 1.165) is 38.2 Å². The minimum Gasteiger partial charge on any atom is -0.385 e. The van der Waals surface area contributed by atoms with Crippen LogP contribution in [0.2, 0.25) is 0 Å². The number of aromatic nitrogens is 2. The summed E-state index contributed by atoms with van der Waals surface area (Å²) in [6, 6.07) is 0.372. The highest BCUT2D eigenvalue weighted by molar-refractivity contribution is 4.88. The monoisotopic (exact) mass is 227 g/mol. The van der Waals surface area contributed by atoms with Crippen molar-refractivity contribution >= 4 is 0 Å². The van der Waals surface area contributed by atoms with E-state index in [1.807, 2.05) is 0 Å². The average molecular weight is 227 g/mol. The van der Waals surface area contributed by atoms with Crippen molar-refractivity contribution in [1.29, 1.82) is 0 Å². The van der Waals surface area contributed by atoms with E-state index in [0.29, 0.717) is 11.9 Å². The summed E-state index contributed by atoms with van der Waals surface area (Å²) in [5, 5.41) is 7.24. The SMILES string of the molecule is CCNC(C)Cc1nc(CCCOC)no1. The van der Waals surface area contributed by atoms with Gasteiger partial charge in [0.2, 0.25) is 5.89 Å². The molecule has 0 saturated carbocycles. The summed E-state index contributed by atoms with van der Waals surface area (Å²) < 4.78 is 10.1. The first kappa shape index (κ1) is 13.1. The number of ether oxygens (including phenoxy) is 1. The molecule has 1 atom stereocenters. The van der Waals surface area contributed by atoms with Gasteiger partial charge >= 0.3 is 0 Å². The Morgan fingerprint density at radius 2 is 2.31 bits per heavy atom. The summed E-state index contributed by atoms with van der Waals surface area (Å²) in [4.78, 5) is 4.33. The van der Waals surface area contributed by atoms with Gasteiger partial charge < -0.3 is 14.6 Å². The van der Waals surface area contributed by atoms with Gasteiger partial charge in [0.1, 0.15) is 0 Å². The molecule has 0 bridgehead atoms. The van der Waals surface area contributed by atoms with Crippen molar-refractivity contribution in [2.45, 2.75) is 39.2 Å². The molecule has 0 saturated heterocycles. The molecule has 0 spiro atoms. The fourth-order valence-electron chi connectivity index (χ4n) is 1.53. The molecular weight excluding hydrogens is 206 g/mol. The van der Waals surface area contributed by atoms with Gasteiger partial charge in [0.15, 0.2) is 5.82 Å². The third-order valence-corrected chi connectivity index (χ3v) is 2.29. The van der Waals surface area contributed by atoms with Gasteiger partial charge in [-0.2, -0.15) is 4.98 Å². The van der Waals surface area contributed by atoms with Gasteiger partial charge in [0.05, 0.1) is 0 Å². The zero-order valence-electron chi connectivity index (χ0n) is 10.3. The predicted octanol–water partition coefficient (Wildman–Crippen LogP) is 1.19. The maximum Gasteiger partial charge on any atom is 0.228 e. The third kappa shape index (κ3) is 4.72. The van der Waals surface area contributed by atoms with Crippen LogP contribution in [-0.2, 0) is 17.6 Å². The third-order valence-electron chi connectivity index (χ3n) is 2.29. The molecule has 0 fully saturated rings. The average Bonchev–Trinajstić information content (AvgIpc) is 2.66. The van der Waals surface area contributed by atoms with Crippen LogP contribution in [-0.4, -0.2) is 36.4 Å². The van der Waals surface area contributed by atoms with E-state index in [9.17, 15) is 0 Å². The first-order chi connectivity index (χ1) is 7.76. The van der Waals surface area contributed by atoms with E-state index < -0.39 is 0 Å². The lowest BCUT2D eigenvalue weighted by molar-refractivity contribution is 0.194. The van der Waals surface area contributed by atoms with E-state index in [4.69, 9.17) is 9.26 Å². The lowest BCUT2D eigenvalue weighted by atomic mass is 10.2. The van der Waals surface area contributed by atoms with Crippen molar-refractivity contribution in [3.63, 3.8) is 0 Å². The molecular formula is C11H21N3O2. The highest BCUT2D eigenvalue weighted by Gasteiger charge is 2.09. The fourth-order valence-corrected chi connectivity index (χ4v) is 1.53. The van der Waals surface area contributed by atoms with E-state index in [1.165, 1.54) is 0 Å². The lowest BCUT2D eigenvalue weighted by Gasteiger charge is -2.07. The smallest absolute Gasteiger partial charge is 0.228 e. The standard InChI is InChI=1S/C11H21N3O2/c1-4-12-9(2)8-11-13-10(14-16-11)6-5-7-15-3/h9,12H,4-8H2,1-3H3. The van der Waals surface area contributed by atoms with Crippen molar-refractivity contribution in [2.75, 3.05) is 20.3 Å². The minimum atomic E-state index is 0.372. The second-order valence-electron chi connectivity index (χ2n) is 3.86. The summed E-state index contributed by atoms with van der Waals surface area (Å²) in [6.45, 7) is 5.88. The number of nitrogens with zero attached hydrogens (tertiary/aromatic N) is 2. The summed E-state index contributed by atoms with van der Waals surface area (Å²) in [5.74, 6) is 1.48. The van der Waals surface area contributed by atoms with Gasteiger partial charge in [-0.05, 0) is 19.9 Å². The summed E-state index contributed by atoms with van der Waals surface area (Å²) in [6.07, 6.45) is 2.52. The molecule has 0 radical (unpaired) electrons. The molecule has 0 aromatic carbocycles. The summed E-state index contributed by atoms with van der Waals surface area (Å²) >= 11 is 0. The van der Waals surface area contributed by atoms with Crippen LogP contribution in [0.25, 0.3) is 0 Å². The number of hydrogen-bond acceptors (Lipinski definition) is 5. The lowest BCUT2D eigenvalue weighted by Crippen LogP contribution is -2.27. The number of likely N-dealkylation sites (N-methyl/N-ethyl adjacent to an activating group) is 1. The van der Waals surface area contributed by atoms with E-state index in [-0.39, 0.29) is 0 Å². The van der Waals surface area contributed by atoms with Crippen LogP contribution in [0.1, 0.15) is 32.0 Å². The van der Waals surface area contributed by atoms with Crippen molar-refractivity contribution in [2.24, 2.45) is 0 Å². The molecule has 1 aromatic heterocycles. The first-order valence-corrected chi connectivity index (χ1v) is 5.80. The van der Waals surface area contributed by atoms with Crippen LogP contribution in [0.3, 0.4) is 0 Å². The minimum absolute atomic E-state index is 0.372. The van der Waals surface area contributed by atoms with Gasteiger partial charge in [-0.25, -0.2) is 0 Å². The summed E-state index contributed by atoms with van der Waals surface area (Å²) in [7, 11) is 1.69. The largest absolute Gasteiger partial charge is 0.385 e. The Balaban J connectivity index is 2.33. The Hall–Kier alpha value is -0.940. The first-order valence-electron chi connectivity index (χ1n) is 5.80. The van der Waals surface area contributed by atoms with Crippen LogP contribution in [0.4, 0.5) is 0 Å². The van der Waals surface area contributed by atoms with Crippen LogP contribution in [0, 0.1) is 0 Å². The maximum absolute atomic E-state index is 5.17. The maximum atomic E-state index is 5.17. The molecule has 0 amide bonds. The van der Waals surface area contributed by atoms with Gasteiger partial charge in [-0.1, -0.05) is 12.1 Å². The molecule has 1 heterocycles. The molecule has 0 aliphatic heterocycles. The Bertz CT molecular complexity index is 289. The predicted molar refractivity (Wildman–Crippen MR) is 61.3 cm³/mol. The molecule has 1 aromatic rings. The molecule has 0 aliphatic rings. The molecule has 1 rings (SSSR count). The van der Waals surface area contributed by atoms with Crippen molar-refractivity contribution in [3.05, 3.63) is 11.7 Å². The normalized spacial score (nSPS) is 12.9. The zero-order valence-corrected chi connectivity index (χ0v) is 10.3. The van der Waals surface area contributed by atoms with Crippen LogP contribution in [0.5, 0.6) is 0 Å².